The minimum Gasteiger partial charge on any atom is -0.492 e. The van der Waals surface area contributed by atoms with Crippen molar-refractivity contribution in [3.63, 3.8) is 0 Å². The minimum absolute atomic E-state index is 0.0263. The summed E-state index contributed by atoms with van der Waals surface area (Å²) in [6, 6.07) is 19.0. The molecule has 3 aromatic carbocycles. The summed E-state index contributed by atoms with van der Waals surface area (Å²) in [6.07, 6.45) is 0.0263. The number of sulfonamides is 1. The molecule has 0 radical (unpaired) electrons. The van der Waals surface area contributed by atoms with Crippen LogP contribution in [-0.2, 0) is 21.4 Å². The van der Waals surface area contributed by atoms with Gasteiger partial charge in [-0.2, -0.15) is 0 Å². The Bertz CT molecular complexity index is 1240. The number of benzene rings is 3. The second kappa shape index (κ2) is 8.92. The first-order chi connectivity index (χ1) is 15.3. The fraction of sp³-hybridized carbons (Fsp3) is 0.208. The van der Waals surface area contributed by atoms with Crippen LogP contribution in [0.25, 0.3) is 0 Å². The highest BCUT2D eigenvalue weighted by molar-refractivity contribution is 7.92. The molecule has 0 saturated heterocycles. The molecule has 166 valence electrons. The quantitative estimate of drug-likeness (QED) is 0.527. The zero-order valence-corrected chi connectivity index (χ0v) is 18.3. The number of ether oxygens (including phenoxy) is 2. The summed E-state index contributed by atoms with van der Waals surface area (Å²) < 4.78 is 39.3. The average molecular weight is 454 g/mol. The Balaban J connectivity index is 1.42. The summed E-state index contributed by atoms with van der Waals surface area (Å²) in [7, 11) is -3.68. The molecule has 4 rings (SSSR count). The number of aliphatic carboxylic acids is 1. The smallest absolute Gasteiger partial charge is 0.304 e. The van der Waals surface area contributed by atoms with Crippen LogP contribution in [0.4, 0.5) is 5.69 Å². The van der Waals surface area contributed by atoms with Gasteiger partial charge in [-0.3, -0.25) is 9.52 Å². The third-order valence-corrected chi connectivity index (χ3v) is 6.60. The normalized spacial score (nSPS) is 15.0. The molecule has 32 heavy (non-hydrogen) atoms. The fourth-order valence-electron chi connectivity index (χ4n) is 3.55. The summed E-state index contributed by atoms with van der Waals surface area (Å²) in [5.41, 5.74) is 3.09. The average Bonchev–Trinajstić information content (AvgIpc) is 3.14. The molecule has 1 aliphatic heterocycles. The maximum absolute atomic E-state index is 12.6. The van der Waals surface area contributed by atoms with Gasteiger partial charge in [-0.05, 0) is 42.8 Å². The Kier molecular flexibility index (Phi) is 6.05. The highest BCUT2D eigenvalue weighted by Gasteiger charge is 2.26. The Morgan fingerprint density at radius 1 is 1.12 bits per heavy atom. The van der Waals surface area contributed by atoms with Crippen molar-refractivity contribution in [2.75, 3.05) is 11.3 Å². The first-order valence-electron chi connectivity index (χ1n) is 10.1. The van der Waals surface area contributed by atoms with E-state index < -0.39 is 16.0 Å². The Morgan fingerprint density at radius 2 is 1.91 bits per heavy atom. The first kappa shape index (κ1) is 21.7. The lowest BCUT2D eigenvalue weighted by atomic mass is 9.98. The maximum atomic E-state index is 12.6. The summed E-state index contributed by atoms with van der Waals surface area (Å²) in [5.74, 6) is 0.207. The minimum atomic E-state index is -3.68. The van der Waals surface area contributed by atoms with E-state index in [1.165, 1.54) is 0 Å². The highest BCUT2D eigenvalue weighted by atomic mass is 32.2. The summed E-state index contributed by atoms with van der Waals surface area (Å²) in [6.45, 7) is 2.47. The largest absolute Gasteiger partial charge is 0.492 e. The van der Waals surface area contributed by atoms with Gasteiger partial charge in [-0.15, -0.1) is 0 Å². The molecule has 7 nitrogen and oxygen atoms in total. The van der Waals surface area contributed by atoms with Crippen LogP contribution in [-0.4, -0.2) is 26.1 Å². The molecule has 0 saturated carbocycles. The van der Waals surface area contributed by atoms with E-state index in [2.05, 4.69) is 4.72 Å². The molecule has 0 fully saturated rings. The summed E-state index contributed by atoms with van der Waals surface area (Å²) >= 11 is 0. The summed E-state index contributed by atoms with van der Waals surface area (Å²) in [4.78, 5) is 11.2. The van der Waals surface area contributed by atoms with E-state index >= 15 is 0 Å². The van der Waals surface area contributed by atoms with Crippen LogP contribution in [0.15, 0.2) is 71.6 Å². The fourth-order valence-corrected chi connectivity index (χ4v) is 4.60. The number of aryl methyl sites for hydroxylation is 1. The number of carboxylic acids is 1. The van der Waals surface area contributed by atoms with Crippen molar-refractivity contribution in [1.29, 1.82) is 0 Å². The van der Waals surface area contributed by atoms with Crippen molar-refractivity contribution in [1.82, 2.24) is 0 Å². The molecule has 0 spiro atoms. The third kappa shape index (κ3) is 5.03. The number of carbonyl (C=O) groups is 1. The maximum Gasteiger partial charge on any atom is 0.304 e. The molecule has 0 aliphatic carbocycles. The number of carboxylic acid groups (broad SMARTS) is 1. The topological polar surface area (TPSA) is 102 Å². The van der Waals surface area contributed by atoms with Gasteiger partial charge >= 0.3 is 5.97 Å². The van der Waals surface area contributed by atoms with E-state index in [0.29, 0.717) is 23.8 Å². The van der Waals surface area contributed by atoms with Crippen LogP contribution >= 0.6 is 0 Å². The SMILES string of the molecule is Cc1ccc(S(=O)(=O)Nc2cccc(COc3ccc4c(c3)OCC4CC(=O)O)c2)cc1. The van der Waals surface area contributed by atoms with E-state index in [-0.39, 0.29) is 23.8 Å². The molecule has 1 atom stereocenters. The van der Waals surface area contributed by atoms with Crippen molar-refractivity contribution in [2.24, 2.45) is 0 Å². The highest BCUT2D eigenvalue weighted by Crippen LogP contribution is 2.38. The van der Waals surface area contributed by atoms with Crippen molar-refractivity contribution in [2.45, 2.75) is 30.8 Å². The molecule has 8 heteroatoms. The Labute approximate surface area is 186 Å². The molecular formula is C24H23NO6S. The van der Waals surface area contributed by atoms with Gasteiger partial charge in [0.1, 0.15) is 18.1 Å². The van der Waals surface area contributed by atoms with Crippen LogP contribution in [0.2, 0.25) is 0 Å². The van der Waals surface area contributed by atoms with Crippen molar-refractivity contribution >= 4 is 21.7 Å². The zero-order valence-electron chi connectivity index (χ0n) is 17.4. The van der Waals surface area contributed by atoms with Crippen LogP contribution < -0.4 is 14.2 Å². The van der Waals surface area contributed by atoms with Gasteiger partial charge in [-0.25, -0.2) is 8.42 Å². The standard InChI is InChI=1S/C24H23NO6S/c1-16-5-8-21(9-6-16)32(28,29)25-19-4-2-3-17(11-19)14-30-20-7-10-22-18(12-24(26)27)15-31-23(22)13-20/h2-11,13,18,25H,12,14-15H2,1H3,(H,26,27). The van der Waals surface area contributed by atoms with Gasteiger partial charge in [0, 0.05) is 23.2 Å². The van der Waals surface area contributed by atoms with Gasteiger partial charge in [0.15, 0.2) is 0 Å². The molecule has 1 heterocycles. The summed E-state index contributed by atoms with van der Waals surface area (Å²) in [5, 5.41) is 9.01. The van der Waals surface area contributed by atoms with Crippen molar-refractivity contribution < 1.29 is 27.8 Å². The molecule has 0 amide bonds. The molecule has 1 unspecified atom stereocenters. The van der Waals surface area contributed by atoms with Crippen molar-refractivity contribution in [3.05, 3.63) is 83.4 Å². The molecule has 0 aromatic heterocycles. The van der Waals surface area contributed by atoms with E-state index in [9.17, 15) is 13.2 Å². The monoisotopic (exact) mass is 453 g/mol. The number of fused-ring (bicyclic) bond motifs is 1. The number of nitrogens with one attached hydrogen (secondary N) is 1. The number of anilines is 1. The van der Waals surface area contributed by atoms with E-state index in [4.69, 9.17) is 14.6 Å². The van der Waals surface area contributed by atoms with Crippen LogP contribution in [0, 0.1) is 6.92 Å². The lowest BCUT2D eigenvalue weighted by molar-refractivity contribution is -0.137. The van der Waals surface area contributed by atoms with Gasteiger partial charge < -0.3 is 14.6 Å². The Hall–Kier alpha value is -3.52. The van der Waals surface area contributed by atoms with E-state index in [1.807, 2.05) is 19.1 Å². The lowest BCUT2D eigenvalue weighted by Crippen LogP contribution is -2.13. The zero-order chi connectivity index (χ0) is 22.7. The predicted octanol–water partition coefficient (Wildman–Crippen LogP) is 4.33. The molecule has 0 bridgehead atoms. The molecule has 3 aromatic rings. The van der Waals surface area contributed by atoms with Gasteiger partial charge in [0.25, 0.3) is 10.0 Å². The molecule has 2 N–H and O–H groups in total. The molecule has 1 aliphatic rings. The molecular weight excluding hydrogens is 430 g/mol. The number of hydrogen-bond acceptors (Lipinski definition) is 5. The lowest BCUT2D eigenvalue weighted by Gasteiger charge is -2.11. The van der Waals surface area contributed by atoms with Crippen LogP contribution in [0.3, 0.4) is 0 Å². The number of hydrogen-bond donors (Lipinski definition) is 2. The van der Waals surface area contributed by atoms with Gasteiger partial charge in [0.2, 0.25) is 0 Å². The van der Waals surface area contributed by atoms with Crippen LogP contribution in [0.5, 0.6) is 11.5 Å². The predicted molar refractivity (Wildman–Crippen MR) is 120 cm³/mol. The Morgan fingerprint density at radius 3 is 2.66 bits per heavy atom. The first-order valence-corrected chi connectivity index (χ1v) is 11.6. The van der Waals surface area contributed by atoms with Gasteiger partial charge in [-0.1, -0.05) is 35.9 Å². The second-order valence-electron chi connectivity index (χ2n) is 7.71. The van der Waals surface area contributed by atoms with Crippen LogP contribution in [0.1, 0.15) is 29.0 Å². The van der Waals surface area contributed by atoms with E-state index in [0.717, 1.165) is 16.7 Å². The van der Waals surface area contributed by atoms with Gasteiger partial charge in [0.05, 0.1) is 17.9 Å². The third-order valence-electron chi connectivity index (χ3n) is 5.20. The van der Waals surface area contributed by atoms with Crippen molar-refractivity contribution in [3.8, 4) is 11.5 Å². The second-order valence-corrected chi connectivity index (χ2v) is 9.40. The number of rotatable bonds is 8. The van der Waals surface area contributed by atoms with E-state index in [1.54, 1.807) is 54.6 Å².